The molecule has 0 heterocycles. The highest BCUT2D eigenvalue weighted by Gasteiger charge is 2.01. The maximum atomic E-state index is 5.60. The van der Waals surface area contributed by atoms with Crippen molar-refractivity contribution >= 4 is 17.1 Å². The van der Waals surface area contributed by atoms with E-state index < -0.39 is 0 Å². The van der Waals surface area contributed by atoms with Crippen molar-refractivity contribution in [2.45, 2.75) is 0 Å². The van der Waals surface area contributed by atoms with Gasteiger partial charge in [-0.1, -0.05) is 127 Å². The van der Waals surface area contributed by atoms with Gasteiger partial charge in [0.25, 0.3) is 0 Å². The van der Waals surface area contributed by atoms with Gasteiger partial charge in [0.05, 0.1) is 0 Å². The molecule has 0 saturated carbocycles. The molecule has 0 aromatic heterocycles. The summed E-state index contributed by atoms with van der Waals surface area (Å²) < 4.78 is 0. The van der Waals surface area contributed by atoms with E-state index in [4.69, 9.17) is 5.73 Å². The molecular formula is C36H30N2. The molecular weight excluding hydrogens is 460 g/mol. The van der Waals surface area contributed by atoms with E-state index in [9.17, 15) is 0 Å². The average molecular weight is 491 g/mol. The fraction of sp³-hybridized carbons (Fsp3) is 0. The molecule has 6 rings (SSSR count). The zero-order valence-electron chi connectivity index (χ0n) is 21.2. The second-order valence-electron chi connectivity index (χ2n) is 9.00. The number of nitrogens with one attached hydrogen (secondary N) is 1. The standard InChI is InChI=1S/C24H19N.C12H11N/c1-3-8-19(9-4-1)21-14-16-23(17-15-21)25-24-13-7-12-22(18-24)20-10-5-2-6-11-20;13-12-8-6-11(7-9-12)10-4-2-1-3-5-10/h1-18,25H;1-9H,13H2. The van der Waals surface area contributed by atoms with Crippen LogP contribution in [0, 0.1) is 0 Å². The fourth-order valence-electron chi connectivity index (χ4n) is 4.26. The van der Waals surface area contributed by atoms with Gasteiger partial charge in [-0.2, -0.15) is 0 Å². The molecule has 6 aromatic carbocycles. The molecule has 0 spiro atoms. The topological polar surface area (TPSA) is 38.0 Å². The monoisotopic (exact) mass is 490 g/mol. The molecule has 38 heavy (non-hydrogen) atoms. The first-order chi connectivity index (χ1) is 18.7. The molecule has 0 unspecified atom stereocenters. The first-order valence-corrected chi connectivity index (χ1v) is 12.7. The predicted molar refractivity (Wildman–Crippen MR) is 163 cm³/mol. The van der Waals surface area contributed by atoms with Crippen molar-refractivity contribution in [2.24, 2.45) is 0 Å². The summed E-state index contributed by atoms with van der Waals surface area (Å²) in [4.78, 5) is 0. The predicted octanol–water partition coefficient (Wildman–Crippen LogP) is 9.70. The van der Waals surface area contributed by atoms with Gasteiger partial charge in [-0.15, -0.1) is 0 Å². The van der Waals surface area contributed by atoms with Crippen molar-refractivity contribution < 1.29 is 0 Å². The van der Waals surface area contributed by atoms with Crippen LogP contribution >= 0.6 is 0 Å². The van der Waals surface area contributed by atoms with E-state index in [2.05, 4.69) is 115 Å². The Morgan fingerprint density at radius 3 is 1.21 bits per heavy atom. The van der Waals surface area contributed by atoms with Crippen molar-refractivity contribution in [2.75, 3.05) is 11.1 Å². The van der Waals surface area contributed by atoms with Crippen molar-refractivity contribution in [1.29, 1.82) is 0 Å². The summed E-state index contributed by atoms with van der Waals surface area (Å²) in [5, 5.41) is 3.49. The van der Waals surface area contributed by atoms with Gasteiger partial charge in [0.2, 0.25) is 0 Å². The Morgan fingerprint density at radius 1 is 0.316 bits per heavy atom. The van der Waals surface area contributed by atoms with Crippen molar-refractivity contribution in [3.05, 3.63) is 164 Å². The third kappa shape index (κ3) is 6.57. The van der Waals surface area contributed by atoms with Gasteiger partial charge in [-0.05, 0) is 69.8 Å². The van der Waals surface area contributed by atoms with Gasteiger partial charge in [-0.3, -0.25) is 0 Å². The van der Waals surface area contributed by atoms with E-state index in [0.29, 0.717) is 0 Å². The minimum Gasteiger partial charge on any atom is -0.399 e. The highest BCUT2D eigenvalue weighted by molar-refractivity contribution is 5.72. The maximum absolute atomic E-state index is 5.60. The lowest BCUT2D eigenvalue weighted by Gasteiger charge is -2.10. The summed E-state index contributed by atoms with van der Waals surface area (Å²) in [6.45, 7) is 0. The molecule has 3 N–H and O–H groups in total. The molecule has 0 aliphatic carbocycles. The molecule has 0 saturated heterocycles. The van der Waals surface area contributed by atoms with Crippen LogP contribution in [-0.4, -0.2) is 0 Å². The minimum atomic E-state index is 0.805. The SMILES string of the molecule is Nc1ccc(-c2ccccc2)cc1.c1ccc(-c2ccc(Nc3cccc(-c4ccccc4)c3)cc2)cc1. The summed E-state index contributed by atoms with van der Waals surface area (Å²) in [7, 11) is 0. The highest BCUT2D eigenvalue weighted by Crippen LogP contribution is 2.26. The molecule has 0 fully saturated rings. The number of nitrogen functional groups attached to an aromatic ring is 1. The maximum Gasteiger partial charge on any atom is 0.0390 e. The largest absolute Gasteiger partial charge is 0.399 e. The number of hydrogen-bond donors (Lipinski definition) is 2. The Hall–Kier alpha value is -5.08. The molecule has 0 aliphatic rings. The highest BCUT2D eigenvalue weighted by atomic mass is 14.9. The molecule has 2 heteroatoms. The summed E-state index contributed by atoms with van der Waals surface area (Å²) in [6.07, 6.45) is 0. The van der Waals surface area contributed by atoms with Crippen LogP contribution < -0.4 is 11.1 Å². The lowest BCUT2D eigenvalue weighted by atomic mass is 10.0. The van der Waals surface area contributed by atoms with Gasteiger partial charge in [-0.25, -0.2) is 0 Å². The van der Waals surface area contributed by atoms with Crippen LogP contribution in [0.3, 0.4) is 0 Å². The van der Waals surface area contributed by atoms with Gasteiger partial charge < -0.3 is 11.1 Å². The van der Waals surface area contributed by atoms with Crippen LogP contribution in [-0.2, 0) is 0 Å². The van der Waals surface area contributed by atoms with Crippen LogP contribution in [0.2, 0.25) is 0 Å². The van der Waals surface area contributed by atoms with E-state index in [1.54, 1.807) is 0 Å². The van der Waals surface area contributed by atoms with Crippen molar-refractivity contribution in [3.63, 3.8) is 0 Å². The Morgan fingerprint density at radius 2 is 0.711 bits per heavy atom. The van der Waals surface area contributed by atoms with E-state index in [-0.39, 0.29) is 0 Å². The lowest BCUT2D eigenvalue weighted by Crippen LogP contribution is -1.90. The summed E-state index contributed by atoms with van der Waals surface area (Å²) in [6, 6.07) is 56.1. The molecule has 0 amide bonds. The minimum absolute atomic E-state index is 0.805. The first kappa shape index (κ1) is 24.6. The van der Waals surface area contributed by atoms with Crippen molar-refractivity contribution in [1.82, 2.24) is 0 Å². The summed E-state index contributed by atoms with van der Waals surface area (Å²) in [5.41, 5.74) is 15.9. The number of benzene rings is 6. The Bertz CT molecular complexity index is 1540. The van der Waals surface area contributed by atoms with Gasteiger partial charge >= 0.3 is 0 Å². The Labute approximate surface area is 225 Å². The molecule has 0 bridgehead atoms. The third-order valence-electron chi connectivity index (χ3n) is 6.27. The van der Waals surface area contributed by atoms with Crippen LogP contribution in [0.15, 0.2) is 164 Å². The normalized spacial score (nSPS) is 10.2. The van der Waals surface area contributed by atoms with Crippen LogP contribution in [0.1, 0.15) is 0 Å². The molecule has 0 aliphatic heterocycles. The summed E-state index contributed by atoms with van der Waals surface area (Å²) >= 11 is 0. The zero-order valence-corrected chi connectivity index (χ0v) is 21.2. The van der Waals surface area contributed by atoms with E-state index in [0.717, 1.165) is 17.1 Å². The number of rotatable bonds is 5. The second-order valence-corrected chi connectivity index (χ2v) is 9.00. The first-order valence-electron chi connectivity index (χ1n) is 12.7. The van der Waals surface area contributed by atoms with E-state index >= 15 is 0 Å². The molecule has 184 valence electrons. The van der Waals surface area contributed by atoms with Gasteiger partial charge in [0, 0.05) is 17.1 Å². The van der Waals surface area contributed by atoms with Crippen LogP contribution in [0.25, 0.3) is 33.4 Å². The van der Waals surface area contributed by atoms with Crippen LogP contribution in [0.4, 0.5) is 17.1 Å². The fourth-order valence-corrected chi connectivity index (χ4v) is 4.26. The number of anilines is 3. The van der Waals surface area contributed by atoms with Gasteiger partial charge in [0.15, 0.2) is 0 Å². The average Bonchev–Trinajstić information content (AvgIpc) is 3.00. The molecule has 0 atom stereocenters. The molecule has 2 nitrogen and oxygen atoms in total. The van der Waals surface area contributed by atoms with Crippen LogP contribution in [0.5, 0.6) is 0 Å². The third-order valence-corrected chi connectivity index (χ3v) is 6.27. The summed E-state index contributed by atoms with van der Waals surface area (Å²) in [5.74, 6) is 0. The molecule has 6 aromatic rings. The number of hydrogen-bond acceptors (Lipinski definition) is 2. The van der Waals surface area contributed by atoms with Gasteiger partial charge in [0.1, 0.15) is 0 Å². The quantitative estimate of drug-likeness (QED) is 0.236. The Kier molecular flexibility index (Phi) is 7.93. The Balaban J connectivity index is 0.000000190. The zero-order chi connectivity index (χ0) is 26.0. The van der Waals surface area contributed by atoms with Crippen molar-refractivity contribution in [3.8, 4) is 33.4 Å². The molecule has 0 radical (unpaired) electrons. The smallest absolute Gasteiger partial charge is 0.0390 e. The van der Waals surface area contributed by atoms with E-state index in [1.807, 2.05) is 54.6 Å². The lowest BCUT2D eigenvalue weighted by molar-refractivity contribution is 1.53. The van der Waals surface area contributed by atoms with E-state index in [1.165, 1.54) is 33.4 Å². The number of nitrogens with two attached hydrogens (primary N) is 1. The second kappa shape index (κ2) is 12.2.